The molecule has 0 heterocycles. The molecule has 0 saturated carbocycles. The number of rotatable bonds is 7. The van der Waals surface area contributed by atoms with Crippen molar-refractivity contribution in [3.05, 3.63) is 29.8 Å². The molecule has 146 valence electrons. The van der Waals surface area contributed by atoms with E-state index >= 15 is 0 Å². The summed E-state index contributed by atoms with van der Waals surface area (Å²) in [5.41, 5.74) is -1.18. The van der Waals surface area contributed by atoms with Crippen molar-refractivity contribution in [2.75, 3.05) is 28.1 Å². The number of methoxy groups -OCH3 is 3. The fourth-order valence-corrected chi connectivity index (χ4v) is 2.48. The average Bonchev–Trinajstić information content (AvgIpc) is 2.57. The highest BCUT2D eigenvalue weighted by molar-refractivity contribution is 5.85. The maximum atomic E-state index is 12.7. The molecule has 0 aromatic heterocycles. The summed E-state index contributed by atoms with van der Waals surface area (Å²) in [4.78, 5) is 26.5. The van der Waals surface area contributed by atoms with Gasteiger partial charge >= 0.3 is 12.1 Å². The lowest BCUT2D eigenvalue weighted by atomic mass is 9.91. The van der Waals surface area contributed by atoms with Gasteiger partial charge < -0.3 is 18.9 Å². The summed E-state index contributed by atoms with van der Waals surface area (Å²) in [5.74, 6) is 0.144. The topological polar surface area (TPSA) is 74.3 Å². The SMILES string of the molecule is COCN(C(=O)OC(C)(C)C)[C@@](C)(Cc1ccc(OC)cc1)C(=O)OC. The number of carbonyl (C=O) groups is 2. The maximum absolute atomic E-state index is 12.7. The zero-order chi connectivity index (χ0) is 20.0. The summed E-state index contributed by atoms with van der Waals surface area (Å²) in [6, 6.07) is 7.25. The van der Waals surface area contributed by atoms with E-state index in [1.54, 1.807) is 46.9 Å². The Hall–Kier alpha value is -2.28. The van der Waals surface area contributed by atoms with Gasteiger partial charge in [-0.25, -0.2) is 9.59 Å². The number of amides is 1. The van der Waals surface area contributed by atoms with Crippen LogP contribution in [0, 0.1) is 0 Å². The molecule has 7 nitrogen and oxygen atoms in total. The van der Waals surface area contributed by atoms with Crippen LogP contribution in [0.3, 0.4) is 0 Å². The third-order valence-corrected chi connectivity index (χ3v) is 3.80. The Kier molecular flexibility index (Phi) is 7.44. The molecule has 1 amide bonds. The third-order valence-electron chi connectivity index (χ3n) is 3.80. The van der Waals surface area contributed by atoms with E-state index in [0.29, 0.717) is 5.75 Å². The molecule has 0 bridgehead atoms. The average molecular weight is 367 g/mol. The number of hydrogen-bond acceptors (Lipinski definition) is 6. The molecule has 0 aliphatic carbocycles. The minimum Gasteiger partial charge on any atom is -0.497 e. The van der Waals surface area contributed by atoms with E-state index in [9.17, 15) is 9.59 Å². The first-order chi connectivity index (χ1) is 12.1. The van der Waals surface area contributed by atoms with Crippen molar-refractivity contribution in [3.8, 4) is 5.75 Å². The summed E-state index contributed by atoms with van der Waals surface area (Å²) >= 11 is 0. The Morgan fingerprint density at radius 3 is 2.00 bits per heavy atom. The summed E-state index contributed by atoms with van der Waals surface area (Å²) in [6.07, 6.45) is -0.424. The second-order valence-corrected chi connectivity index (χ2v) is 7.12. The molecule has 0 radical (unpaired) electrons. The fourth-order valence-electron chi connectivity index (χ4n) is 2.48. The van der Waals surface area contributed by atoms with Crippen LogP contribution in [-0.2, 0) is 25.4 Å². The predicted molar refractivity (Wildman–Crippen MR) is 97.1 cm³/mol. The van der Waals surface area contributed by atoms with Gasteiger partial charge in [-0.05, 0) is 45.4 Å². The fraction of sp³-hybridized carbons (Fsp3) is 0.579. The van der Waals surface area contributed by atoms with Crippen LogP contribution in [0.25, 0.3) is 0 Å². The molecule has 0 aliphatic heterocycles. The predicted octanol–water partition coefficient (Wildman–Crippen LogP) is 3.01. The lowest BCUT2D eigenvalue weighted by Crippen LogP contribution is -2.58. The van der Waals surface area contributed by atoms with Gasteiger partial charge in [-0.15, -0.1) is 0 Å². The van der Waals surface area contributed by atoms with Crippen molar-refractivity contribution in [2.24, 2.45) is 0 Å². The molecule has 0 spiro atoms. The molecule has 0 saturated heterocycles. The first-order valence-corrected chi connectivity index (χ1v) is 8.28. The van der Waals surface area contributed by atoms with Crippen molar-refractivity contribution in [1.29, 1.82) is 0 Å². The summed E-state index contributed by atoms with van der Waals surface area (Å²) in [5, 5.41) is 0. The van der Waals surface area contributed by atoms with Crippen LogP contribution in [-0.4, -0.2) is 56.2 Å². The zero-order valence-electron chi connectivity index (χ0n) is 16.6. The smallest absolute Gasteiger partial charge is 0.413 e. The summed E-state index contributed by atoms with van der Waals surface area (Å²) in [6.45, 7) is 6.79. The van der Waals surface area contributed by atoms with Gasteiger partial charge in [-0.2, -0.15) is 0 Å². The second-order valence-electron chi connectivity index (χ2n) is 7.12. The lowest BCUT2D eigenvalue weighted by Gasteiger charge is -2.39. The number of nitrogens with zero attached hydrogens (tertiary/aromatic N) is 1. The minimum atomic E-state index is -1.30. The van der Waals surface area contributed by atoms with E-state index in [1.165, 1.54) is 19.1 Å². The largest absolute Gasteiger partial charge is 0.497 e. The van der Waals surface area contributed by atoms with Crippen molar-refractivity contribution in [2.45, 2.75) is 45.3 Å². The van der Waals surface area contributed by atoms with Gasteiger partial charge in [-0.1, -0.05) is 12.1 Å². The molecule has 1 aromatic carbocycles. The van der Waals surface area contributed by atoms with Gasteiger partial charge in [0.15, 0.2) is 0 Å². The first kappa shape index (κ1) is 21.8. The highest BCUT2D eigenvalue weighted by Crippen LogP contribution is 2.26. The standard InChI is InChI=1S/C19H29NO6/c1-18(2,3)26-17(22)20(13-23-5)19(4,16(21)25-7)12-14-8-10-15(24-6)11-9-14/h8-11H,12-13H2,1-7H3/t19-/m0/s1. The van der Waals surface area contributed by atoms with Crippen LogP contribution in [0.1, 0.15) is 33.3 Å². The van der Waals surface area contributed by atoms with E-state index in [1.807, 2.05) is 12.1 Å². The van der Waals surface area contributed by atoms with Crippen LogP contribution in [0.4, 0.5) is 4.79 Å². The molecule has 1 atom stereocenters. The van der Waals surface area contributed by atoms with E-state index in [0.717, 1.165) is 5.56 Å². The highest BCUT2D eigenvalue weighted by atomic mass is 16.6. The normalized spacial score (nSPS) is 13.5. The summed E-state index contributed by atoms with van der Waals surface area (Å²) < 4.78 is 20.7. The molecular formula is C19H29NO6. The van der Waals surface area contributed by atoms with E-state index in [4.69, 9.17) is 18.9 Å². The Morgan fingerprint density at radius 2 is 1.58 bits per heavy atom. The monoisotopic (exact) mass is 367 g/mol. The van der Waals surface area contributed by atoms with Gasteiger partial charge in [0.25, 0.3) is 0 Å². The molecule has 0 unspecified atom stereocenters. The number of esters is 1. The number of benzene rings is 1. The first-order valence-electron chi connectivity index (χ1n) is 8.28. The van der Waals surface area contributed by atoms with E-state index < -0.39 is 23.2 Å². The van der Waals surface area contributed by atoms with Crippen LogP contribution in [0.5, 0.6) is 5.75 Å². The van der Waals surface area contributed by atoms with Gasteiger partial charge in [-0.3, -0.25) is 4.90 Å². The minimum absolute atomic E-state index is 0.114. The molecule has 0 aliphatic rings. The Morgan fingerprint density at radius 1 is 1.00 bits per heavy atom. The van der Waals surface area contributed by atoms with Crippen molar-refractivity contribution in [1.82, 2.24) is 4.90 Å². The van der Waals surface area contributed by atoms with Gasteiger partial charge in [0, 0.05) is 13.5 Å². The number of hydrogen-bond donors (Lipinski definition) is 0. The molecule has 0 fully saturated rings. The molecule has 26 heavy (non-hydrogen) atoms. The number of ether oxygens (including phenoxy) is 4. The molecule has 7 heteroatoms. The van der Waals surface area contributed by atoms with Gasteiger partial charge in [0.05, 0.1) is 14.2 Å². The maximum Gasteiger partial charge on any atom is 0.413 e. The van der Waals surface area contributed by atoms with Crippen LogP contribution in [0.2, 0.25) is 0 Å². The van der Waals surface area contributed by atoms with Crippen molar-refractivity contribution >= 4 is 12.1 Å². The van der Waals surface area contributed by atoms with Crippen molar-refractivity contribution in [3.63, 3.8) is 0 Å². The van der Waals surface area contributed by atoms with E-state index in [2.05, 4.69) is 0 Å². The van der Waals surface area contributed by atoms with Gasteiger partial charge in [0.1, 0.15) is 23.6 Å². The third kappa shape index (κ3) is 5.62. The Bertz CT molecular complexity index is 607. The quantitative estimate of drug-likeness (QED) is 0.545. The molecular weight excluding hydrogens is 338 g/mol. The highest BCUT2D eigenvalue weighted by Gasteiger charge is 2.45. The molecule has 1 rings (SSSR count). The Labute approximate surface area is 155 Å². The van der Waals surface area contributed by atoms with E-state index in [-0.39, 0.29) is 13.2 Å². The van der Waals surface area contributed by atoms with Crippen LogP contribution in [0.15, 0.2) is 24.3 Å². The molecule has 1 aromatic rings. The van der Waals surface area contributed by atoms with Crippen LogP contribution < -0.4 is 4.74 Å². The lowest BCUT2D eigenvalue weighted by molar-refractivity contribution is -0.157. The molecule has 0 N–H and O–H groups in total. The van der Waals surface area contributed by atoms with Gasteiger partial charge in [0.2, 0.25) is 0 Å². The number of carbonyl (C=O) groups excluding carboxylic acids is 2. The zero-order valence-corrected chi connectivity index (χ0v) is 16.6. The van der Waals surface area contributed by atoms with Crippen molar-refractivity contribution < 1.29 is 28.5 Å². The Balaban J connectivity index is 3.23. The second kappa shape index (κ2) is 8.89. The van der Waals surface area contributed by atoms with Crippen LogP contribution >= 0.6 is 0 Å². The summed E-state index contributed by atoms with van der Waals surface area (Å²) in [7, 11) is 4.31.